The predicted molar refractivity (Wildman–Crippen MR) is 165 cm³/mol. The van der Waals surface area contributed by atoms with Gasteiger partial charge >= 0.3 is 5.97 Å². The topological polar surface area (TPSA) is 76.0 Å². The van der Waals surface area contributed by atoms with Gasteiger partial charge in [-0.3, -0.25) is 0 Å². The number of phenols is 2. The SMILES string of the molecule is O=C1OC2(c3cc(I)c(O)c(I)c3Oc3c2cc(I)c(O)c3I)c2c(Cl)c(Cl)c(Cl)c(Cl)c21.[Na]. The van der Waals surface area contributed by atoms with Crippen molar-refractivity contribution < 1.29 is 24.5 Å². The van der Waals surface area contributed by atoms with E-state index >= 15 is 0 Å². The summed E-state index contributed by atoms with van der Waals surface area (Å²) in [5, 5.41) is 21.0. The summed E-state index contributed by atoms with van der Waals surface area (Å²) in [6.07, 6.45) is 0. The molecule has 0 atom stereocenters. The van der Waals surface area contributed by atoms with Gasteiger partial charge in [0.15, 0.2) is 17.1 Å². The molecule has 2 heterocycles. The van der Waals surface area contributed by atoms with Crippen molar-refractivity contribution in [3.63, 3.8) is 0 Å². The molecule has 171 valence electrons. The number of phenolic OH excluding ortho intramolecular Hbond substituents is 2. The Morgan fingerprint density at radius 2 is 1.21 bits per heavy atom. The van der Waals surface area contributed by atoms with Gasteiger partial charge in [-0.05, 0) is 102 Å². The summed E-state index contributed by atoms with van der Waals surface area (Å²) in [5.74, 6) is -0.246. The van der Waals surface area contributed by atoms with Gasteiger partial charge in [-0.15, -0.1) is 0 Å². The van der Waals surface area contributed by atoms with Gasteiger partial charge in [-0.25, -0.2) is 4.79 Å². The van der Waals surface area contributed by atoms with Crippen LogP contribution in [0, 0.1) is 14.3 Å². The maximum absolute atomic E-state index is 13.3. The third kappa shape index (κ3) is 3.83. The van der Waals surface area contributed by atoms with Crippen LogP contribution in [0.2, 0.25) is 20.1 Å². The number of ether oxygens (including phenoxy) is 2. The summed E-state index contributed by atoms with van der Waals surface area (Å²) in [6, 6.07) is 3.30. The fourth-order valence-corrected chi connectivity index (χ4v) is 8.57. The van der Waals surface area contributed by atoms with Crippen LogP contribution in [0.15, 0.2) is 12.1 Å². The summed E-state index contributed by atoms with van der Waals surface area (Å²) in [4.78, 5) is 13.3. The Bertz CT molecular complexity index is 1400. The number of esters is 1. The Balaban J connectivity index is 0.00000274. The number of halogens is 8. The van der Waals surface area contributed by atoms with Crippen LogP contribution in [0.25, 0.3) is 0 Å². The number of aromatic hydroxyl groups is 2. The molecule has 0 saturated carbocycles. The Labute approximate surface area is 289 Å². The molecule has 3 aromatic rings. The second-order valence-electron chi connectivity index (χ2n) is 6.97. The second kappa shape index (κ2) is 9.97. The largest absolute Gasteiger partial charge is 0.506 e. The van der Waals surface area contributed by atoms with Gasteiger partial charge in [-0.1, -0.05) is 46.4 Å². The molecule has 34 heavy (non-hydrogen) atoms. The molecule has 14 heteroatoms. The maximum Gasteiger partial charge on any atom is 0.341 e. The molecule has 0 saturated heterocycles. The number of hydrogen-bond acceptors (Lipinski definition) is 5. The Hall–Kier alpha value is 1.61. The van der Waals surface area contributed by atoms with Crippen LogP contribution in [-0.4, -0.2) is 45.7 Å². The molecule has 0 aromatic heterocycles. The molecule has 0 aliphatic carbocycles. The predicted octanol–water partition coefficient (Wildman–Crippen LogP) is 8.32. The van der Waals surface area contributed by atoms with Crippen LogP contribution in [-0.2, 0) is 10.3 Å². The third-order valence-electron chi connectivity index (χ3n) is 5.33. The first-order valence-electron chi connectivity index (χ1n) is 8.63. The Morgan fingerprint density at radius 1 is 0.765 bits per heavy atom. The van der Waals surface area contributed by atoms with Crippen molar-refractivity contribution in [1.82, 2.24) is 0 Å². The van der Waals surface area contributed by atoms with Crippen molar-refractivity contribution >= 4 is 172 Å². The number of carbonyl (C=O) groups excluding carboxylic acids is 1. The molecule has 5 rings (SSSR count). The van der Waals surface area contributed by atoms with E-state index in [1.165, 1.54) is 0 Å². The van der Waals surface area contributed by atoms with Crippen LogP contribution >= 0.6 is 137 Å². The van der Waals surface area contributed by atoms with Crippen LogP contribution < -0.4 is 4.74 Å². The molecule has 1 radical (unpaired) electrons. The van der Waals surface area contributed by atoms with Gasteiger partial charge < -0.3 is 19.7 Å². The van der Waals surface area contributed by atoms with Crippen LogP contribution in [0.1, 0.15) is 27.0 Å². The van der Waals surface area contributed by atoms with E-state index in [0.717, 1.165) is 0 Å². The van der Waals surface area contributed by atoms with E-state index < -0.39 is 11.6 Å². The number of carbonyl (C=O) groups is 1. The van der Waals surface area contributed by atoms with Gasteiger partial charge in [0.05, 0.1) is 51.1 Å². The minimum absolute atomic E-state index is 0. The standard InChI is InChI=1S/C20H4Cl4I4O5.Na/c21-9-7-8(10(22)12(24)11(9)23)20(33-19(7)31)3-1-5(25)15(29)13(27)17(3)32-18-4(20)2-6(26)16(30)14(18)28;/h1-2,29-30H;. The molecule has 3 aromatic carbocycles. The fourth-order valence-electron chi connectivity index (χ4n) is 3.93. The zero-order valence-corrected chi connectivity index (χ0v) is 30.0. The quantitative estimate of drug-likeness (QED) is 0.0780. The van der Waals surface area contributed by atoms with Crippen molar-refractivity contribution in [2.75, 3.05) is 0 Å². The van der Waals surface area contributed by atoms with Crippen LogP contribution in [0.4, 0.5) is 0 Å². The first-order valence-corrected chi connectivity index (χ1v) is 14.5. The van der Waals surface area contributed by atoms with Gasteiger partial charge in [0.1, 0.15) is 11.5 Å². The second-order valence-corrected chi connectivity index (χ2v) is 13.0. The Kier molecular flexibility index (Phi) is 8.39. The summed E-state index contributed by atoms with van der Waals surface area (Å²) >= 11 is 33.7. The molecule has 5 nitrogen and oxygen atoms in total. The van der Waals surface area contributed by atoms with E-state index in [-0.39, 0.29) is 83.8 Å². The fraction of sp³-hybridized carbons (Fsp3) is 0.0500. The zero-order valence-electron chi connectivity index (χ0n) is 16.3. The van der Waals surface area contributed by atoms with E-state index in [1.54, 1.807) is 12.1 Å². The maximum atomic E-state index is 13.3. The van der Waals surface area contributed by atoms with Gasteiger partial charge in [0, 0.05) is 35.1 Å². The van der Waals surface area contributed by atoms with E-state index in [1.807, 2.05) is 90.4 Å². The van der Waals surface area contributed by atoms with E-state index in [4.69, 9.17) is 55.9 Å². The molecule has 2 N–H and O–H groups in total. The normalized spacial score (nSPS) is 14.6. The Morgan fingerprint density at radius 3 is 1.68 bits per heavy atom. The summed E-state index contributed by atoms with van der Waals surface area (Å²) in [7, 11) is 0. The molecular weight excluding hydrogens is 993 g/mol. The number of benzene rings is 3. The van der Waals surface area contributed by atoms with E-state index in [2.05, 4.69) is 0 Å². The van der Waals surface area contributed by atoms with Gasteiger partial charge in [-0.2, -0.15) is 0 Å². The van der Waals surface area contributed by atoms with Gasteiger partial charge in [0.2, 0.25) is 0 Å². The van der Waals surface area contributed by atoms with Crippen molar-refractivity contribution in [3.05, 3.63) is 68.8 Å². The molecule has 0 amide bonds. The summed E-state index contributed by atoms with van der Waals surface area (Å²) < 4.78 is 14.1. The summed E-state index contributed by atoms with van der Waals surface area (Å²) in [5.41, 5.74) is -0.574. The number of fused-ring (bicyclic) bond motifs is 6. The monoisotopic (exact) mass is 994 g/mol. The first-order chi connectivity index (χ1) is 15.4. The summed E-state index contributed by atoms with van der Waals surface area (Å²) in [6.45, 7) is 0. The average Bonchev–Trinajstić information content (AvgIpc) is 3.08. The molecule has 1 spiro atoms. The van der Waals surface area contributed by atoms with Crippen molar-refractivity contribution in [2.24, 2.45) is 0 Å². The number of rotatable bonds is 0. The average molecular weight is 997 g/mol. The third-order valence-corrected chi connectivity index (χ3v) is 10.8. The van der Waals surface area contributed by atoms with E-state index in [9.17, 15) is 15.0 Å². The smallest absolute Gasteiger partial charge is 0.341 e. The number of hydrogen-bond donors (Lipinski definition) is 2. The van der Waals surface area contributed by atoms with Gasteiger partial charge in [0.25, 0.3) is 0 Å². The van der Waals surface area contributed by atoms with Crippen LogP contribution in [0.5, 0.6) is 23.0 Å². The molecule has 0 unspecified atom stereocenters. The first kappa shape index (κ1) is 28.6. The van der Waals surface area contributed by atoms with E-state index in [0.29, 0.717) is 25.4 Å². The molecule has 2 aliphatic heterocycles. The molecule has 2 aliphatic rings. The van der Waals surface area contributed by atoms with Crippen molar-refractivity contribution in [2.45, 2.75) is 5.60 Å². The van der Waals surface area contributed by atoms with Crippen LogP contribution in [0.3, 0.4) is 0 Å². The zero-order chi connectivity index (χ0) is 24.1. The molecule has 0 fully saturated rings. The minimum Gasteiger partial charge on any atom is -0.506 e. The van der Waals surface area contributed by atoms with Crippen molar-refractivity contribution in [3.8, 4) is 23.0 Å². The van der Waals surface area contributed by atoms with Crippen molar-refractivity contribution in [1.29, 1.82) is 0 Å². The molecule has 0 bridgehead atoms. The molecular formula is C20H4Cl4I4NaO5. The minimum atomic E-state index is -1.62.